The van der Waals surface area contributed by atoms with E-state index in [4.69, 9.17) is 0 Å². The number of aromatic nitrogens is 2. The van der Waals surface area contributed by atoms with Gasteiger partial charge in [-0.2, -0.15) is 0 Å². The maximum atomic E-state index is 12.8. The Hall–Kier alpha value is -2.78. The van der Waals surface area contributed by atoms with Crippen LogP contribution < -0.4 is 10.0 Å². The van der Waals surface area contributed by atoms with Gasteiger partial charge >= 0.3 is 0 Å². The molecule has 3 rings (SSSR count). The van der Waals surface area contributed by atoms with Crippen LogP contribution in [0.25, 0.3) is 11.1 Å². The normalized spacial score (nSPS) is 11.8. The standard InChI is InChI=1S/C19H20N4O3S2/c1-19(2,16-12-27-18(22-16)23-28(3,25)26)17(24)21-15-8-6-13(7-9-15)14-5-4-10-20-11-14/h4-12H,1-3H3,(H,21,24)(H,22,23). The van der Waals surface area contributed by atoms with Gasteiger partial charge in [-0.05, 0) is 43.2 Å². The van der Waals surface area contributed by atoms with E-state index in [-0.39, 0.29) is 11.0 Å². The summed E-state index contributed by atoms with van der Waals surface area (Å²) in [6, 6.07) is 11.3. The second kappa shape index (κ2) is 7.69. The van der Waals surface area contributed by atoms with E-state index in [9.17, 15) is 13.2 Å². The van der Waals surface area contributed by atoms with E-state index in [1.807, 2.05) is 36.4 Å². The first-order valence-corrected chi connectivity index (χ1v) is 11.2. The molecule has 0 aliphatic rings. The van der Waals surface area contributed by atoms with Crippen molar-refractivity contribution < 1.29 is 13.2 Å². The van der Waals surface area contributed by atoms with Gasteiger partial charge in [0, 0.05) is 23.5 Å². The lowest BCUT2D eigenvalue weighted by Crippen LogP contribution is -2.35. The second-order valence-electron chi connectivity index (χ2n) is 6.81. The SMILES string of the molecule is CC(C)(C(=O)Nc1ccc(-c2cccnc2)cc1)c1csc(NS(C)(=O)=O)n1. The van der Waals surface area contributed by atoms with Gasteiger partial charge in [0.25, 0.3) is 0 Å². The number of hydrogen-bond acceptors (Lipinski definition) is 6. The molecule has 146 valence electrons. The van der Waals surface area contributed by atoms with E-state index in [2.05, 4.69) is 20.0 Å². The predicted molar refractivity (Wildman–Crippen MR) is 112 cm³/mol. The number of thiazole rings is 1. The molecule has 2 aromatic heterocycles. The first kappa shape index (κ1) is 20.0. The average Bonchev–Trinajstić information content (AvgIpc) is 3.10. The summed E-state index contributed by atoms with van der Waals surface area (Å²) in [7, 11) is -3.41. The number of carbonyl (C=O) groups is 1. The molecular formula is C19H20N4O3S2. The first-order valence-electron chi connectivity index (χ1n) is 8.41. The van der Waals surface area contributed by atoms with Crippen molar-refractivity contribution in [3.63, 3.8) is 0 Å². The molecule has 0 aliphatic carbocycles. The number of anilines is 2. The van der Waals surface area contributed by atoms with Crippen molar-refractivity contribution in [1.29, 1.82) is 0 Å². The molecule has 1 aromatic carbocycles. The van der Waals surface area contributed by atoms with Crippen molar-refractivity contribution in [2.45, 2.75) is 19.3 Å². The summed E-state index contributed by atoms with van der Waals surface area (Å²) in [6.07, 6.45) is 4.55. The first-order chi connectivity index (χ1) is 13.1. The quantitative estimate of drug-likeness (QED) is 0.640. The number of pyridine rings is 1. The van der Waals surface area contributed by atoms with E-state index < -0.39 is 15.4 Å². The van der Waals surface area contributed by atoms with E-state index >= 15 is 0 Å². The topological polar surface area (TPSA) is 101 Å². The third-order valence-electron chi connectivity index (χ3n) is 4.12. The summed E-state index contributed by atoms with van der Waals surface area (Å²) < 4.78 is 25.0. The highest BCUT2D eigenvalue weighted by Crippen LogP contribution is 2.29. The summed E-state index contributed by atoms with van der Waals surface area (Å²) >= 11 is 1.14. The van der Waals surface area contributed by atoms with E-state index in [0.29, 0.717) is 11.4 Å². The van der Waals surface area contributed by atoms with Crippen LogP contribution in [0.4, 0.5) is 10.8 Å². The van der Waals surface area contributed by atoms with Gasteiger partial charge in [0.15, 0.2) is 5.13 Å². The van der Waals surface area contributed by atoms with Gasteiger partial charge in [0.2, 0.25) is 15.9 Å². The molecule has 0 fully saturated rings. The lowest BCUT2D eigenvalue weighted by atomic mass is 9.89. The second-order valence-corrected chi connectivity index (χ2v) is 9.42. The minimum Gasteiger partial charge on any atom is -0.325 e. The van der Waals surface area contributed by atoms with Crippen LogP contribution in [0.5, 0.6) is 0 Å². The molecular weight excluding hydrogens is 396 g/mol. The highest BCUT2D eigenvalue weighted by atomic mass is 32.2. The van der Waals surface area contributed by atoms with Crippen LogP contribution in [-0.2, 0) is 20.2 Å². The van der Waals surface area contributed by atoms with Crippen LogP contribution in [0, 0.1) is 0 Å². The lowest BCUT2D eigenvalue weighted by Gasteiger charge is -2.21. The van der Waals surface area contributed by atoms with Gasteiger partial charge in [-0.3, -0.25) is 14.5 Å². The molecule has 28 heavy (non-hydrogen) atoms. The number of sulfonamides is 1. The van der Waals surface area contributed by atoms with Gasteiger partial charge < -0.3 is 5.32 Å². The Kier molecular flexibility index (Phi) is 5.48. The Morgan fingerprint density at radius 1 is 1.11 bits per heavy atom. The monoisotopic (exact) mass is 416 g/mol. The highest BCUT2D eigenvalue weighted by Gasteiger charge is 2.32. The minimum absolute atomic E-state index is 0.235. The maximum absolute atomic E-state index is 12.8. The highest BCUT2D eigenvalue weighted by molar-refractivity contribution is 7.92. The largest absolute Gasteiger partial charge is 0.325 e. The molecule has 1 amide bonds. The Balaban J connectivity index is 1.73. The van der Waals surface area contributed by atoms with Crippen molar-refractivity contribution in [3.8, 4) is 11.1 Å². The average molecular weight is 417 g/mol. The molecule has 0 spiro atoms. The van der Waals surface area contributed by atoms with E-state index in [1.165, 1.54) is 0 Å². The van der Waals surface area contributed by atoms with Crippen LogP contribution in [0.3, 0.4) is 0 Å². The number of nitrogens with zero attached hydrogens (tertiary/aromatic N) is 2. The fraction of sp³-hybridized carbons (Fsp3) is 0.211. The third kappa shape index (κ3) is 4.73. The molecule has 0 bridgehead atoms. The molecule has 0 saturated heterocycles. The molecule has 0 atom stereocenters. The third-order valence-corrected chi connectivity index (χ3v) is 5.57. The van der Waals surface area contributed by atoms with Crippen molar-refractivity contribution in [3.05, 3.63) is 59.9 Å². The summed E-state index contributed by atoms with van der Waals surface area (Å²) in [6.45, 7) is 3.48. The number of benzene rings is 1. The molecule has 2 N–H and O–H groups in total. The van der Waals surface area contributed by atoms with Gasteiger partial charge in [-0.15, -0.1) is 11.3 Å². The predicted octanol–water partition coefficient (Wildman–Crippen LogP) is 3.49. The van der Waals surface area contributed by atoms with Crippen LogP contribution in [0.2, 0.25) is 0 Å². The van der Waals surface area contributed by atoms with Gasteiger partial charge in [-0.1, -0.05) is 18.2 Å². The molecule has 7 nitrogen and oxygen atoms in total. The minimum atomic E-state index is -3.41. The molecule has 0 aliphatic heterocycles. The Labute approximate surface area is 167 Å². The summed E-state index contributed by atoms with van der Waals surface area (Å²) in [4.78, 5) is 21.1. The van der Waals surface area contributed by atoms with Crippen molar-refractivity contribution >= 4 is 38.1 Å². The fourth-order valence-corrected chi connectivity index (χ4v) is 4.18. The van der Waals surface area contributed by atoms with E-state index in [1.54, 1.807) is 31.6 Å². The summed E-state index contributed by atoms with van der Waals surface area (Å²) in [5.74, 6) is -0.238. The molecule has 0 unspecified atom stereocenters. The van der Waals surface area contributed by atoms with Crippen LogP contribution in [-0.4, -0.2) is 30.5 Å². The summed E-state index contributed by atoms with van der Waals surface area (Å²) in [5, 5.41) is 4.80. The van der Waals surface area contributed by atoms with Gasteiger partial charge in [0.1, 0.15) is 0 Å². The maximum Gasteiger partial charge on any atom is 0.236 e. The molecule has 2 heterocycles. The molecule has 0 saturated carbocycles. The Morgan fingerprint density at radius 3 is 2.43 bits per heavy atom. The number of amides is 1. The zero-order valence-electron chi connectivity index (χ0n) is 15.6. The van der Waals surface area contributed by atoms with Crippen LogP contribution >= 0.6 is 11.3 Å². The fourth-order valence-electron chi connectivity index (χ4n) is 2.45. The number of nitrogens with one attached hydrogen (secondary N) is 2. The Bertz CT molecular complexity index is 1080. The van der Waals surface area contributed by atoms with Crippen molar-refractivity contribution in [2.24, 2.45) is 0 Å². The number of hydrogen-bond donors (Lipinski definition) is 2. The summed E-state index contributed by atoms with van der Waals surface area (Å²) in [5.41, 5.74) is 2.22. The van der Waals surface area contributed by atoms with E-state index in [0.717, 1.165) is 28.7 Å². The Morgan fingerprint density at radius 2 is 1.82 bits per heavy atom. The molecule has 9 heteroatoms. The molecule has 3 aromatic rings. The smallest absolute Gasteiger partial charge is 0.236 e. The van der Waals surface area contributed by atoms with Crippen molar-refractivity contribution in [1.82, 2.24) is 9.97 Å². The van der Waals surface area contributed by atoms with Gasteiger partial charge in [-0.25, -0.2) is 13.4 Å². The zero-order valence-corrected chi connectivity index (χ0v) is 17.3. The van der Waals surface area contributed by atoms with Crippen molar-refractivity contribution in [2.75, 3.05) is 16.3 Å². The zero-order chi connectivity index (χ0) is 20.4. The number of carbonyl (C=O) groups excluding carboxylic acids is 1. The number of rotatable bonds is 6. The lowest BCUT2D eigenvalue weighted by molar-refractivity contribution is -0.120. The van der Waals surface area contributed by atoms with Crippen LogP contribution in [0.15, 0.2) is 54.2 Å². The molecule has 0 radical (unpaired) electrons. The van der Waals surface area contributed by atoms with Crippen LogP contribution in [0.1, 0.15) is 19.5 Å². The van der Waals surface area contributed by atoms with Gasteiger partial charge in [0.05, 0.1) is 17.4 Å².